The molecule has 3 rings (SSSR count). The summed E-state index contributed by atoms with van der Waals surface area (Å²) in [6.45, 7) is 4.49. The maximum Gasteiger partial charge on any atom is 0.305 e. The normalized spacial score (nSPS) is 20.5. The van der Waals surface area contributed by atoms with Gasteiger partial charge in [0.15, 0.2) is 0 Å². The number of carbonyl (C=O) groups excluding carboxylic acids is 1. The van der Waals surface area contributed by atoms with Crippen LogP contribution in [0.3, 0.4) is 0 Å². The first-order valence-corrected chi connectivity index (χ1v) is 9.55. The molecule has 6 nitrogen and oxygen atoms in total. The Morgan fingerprint density at radius 2 is 2.31 bits per heavy atom. The number of hydrogen-bond acceptors (Lipinski definition) is 6. The fourth-order valence-electron chi connectivity index (χ4n) is 2.89. The molecule has 0 saturated carbocycles. The molecule has 138 valence electrons. The van der Waals surface area contributed by atoms with Crippen molar-refractivity contribution in [1.29, 1.82) is 0 Å². The molecule has 0 unspecified atom stereocenters. The third kappa shape index (κ3) is 3.86. The number of thiocarbonyl (C=S) groups is 1. The highest BCUT2D eigenvalue weighted by atomic mass is 32.2. The Morgan fingerprint density at radius 3 is 3.00 bits per heavy atom. The molecule has 2 aliphatic rings. The van der Waals surface area contributed by atoms with Crippen molar-refractivity contribution in [3.8, 4) is 11.5 Å². The predicted octanol–water partition coefficient (Wildman–Crippen LogP) is 3.08. The number of nitrogens with zero attached hydrogens (tertiary/aromatic N) is 1. The van der Waals surface area contributed by atoms with Crippen LogP contribution in [-0.2, 0) is 16.0 Å². The number of carboxylic acids is 1. The second-order valence-corrected chi connectivity index (χ2v) is 7.72. The molecule has 26 heavy (non-hydrogen) atoms. The van der Waals surface area contributed by atoms with Gasteiger partial charge in [-0.2, -0.15) is 0 Å². The summed E-state index contributed by atoms with van der Waals surface area (Å²) in [6.07, 6.45) is 2.53. The van der Waals surface area contributed by atoms with Crippen molar-refractivity contribution in [2.45, 2.75) is 32.8 Å². The number of hydrogen-bond donors (Lipinski definition) is 1. The maximum atomic E-state index is 12.6. The van der Waals surface area contributed by atoms with Gasteiger partial charge >= 0.3 is 5.97 Å². The number of rotatable bonds is 6. The second-order valence-electron chi connectivity index (χ2n) is 6.04. The number of ether oxygens (including phenoxy) is 2. The zero-order chi connectivity index (χ0) is 18.8. The molecule has 0 spiro atoms. The van der Waals surface area contributed by atoms with Gasteiger partial charge < -0.3 is 14.6 Å². The number of fused-ring (bicyclic) bond motifs is 1. The fraction of sp³-hybridized carbons (Fsp3) is 0.389. The average Bonchev–Trinajstić information content (AvgIpc) is 3.05. The molecule has 0 bridgehead atoms. The molecule has 0 radical (unpaired) electrons. The molecule has 1 atom stereocenters. The lowest BCUT2D eigenvalue weighted by atomic mass is 10.1. The van der Waals surface area contributed by atoms with Crippen molar-refractivity contribution in [3.63, 3.8) is 0 Å². The van der Waals surface area contributed by atoms with E-state index in [1.54, 1.807) is 6.08 Å². The van der Waals surface area contributed by atoms with Crippen LogP contribution >= 0.6 is 24.0 Å². The van der Waals surface area contributed by atoms with Gasteiger partial charge in [0.05, 0.1) is 17.9 Å². The standard InChI is InChI=1S/C18H19NO5S2/c1-3-23-13-7-11-6-10(2)24-14(11)8-12(13)9-15-17(22)19(18(25)26-15)5-4-16(20)21/h7-10H,3-6H2,1-2H3,(H,20,21)/b15-9-/t10-/m1/s1. The van der Waals surface area contributed by atoms with Crippen molar-refractivity contribution < 1.29 is 24.2 Å². The van der Waals surface area contributed by atoms with E-state index in [1.807, 2.05) is 26.0 Å². The molecular weight excluding hydrogens is 374 g/mol. The number of amides is 1. The summed E-state index contributed by atoms with van der Waals surface area (Å²) in [5.74, 6) is 0.248. The summed E-state index contributed by atoms with van der Waals surface area (Å²) in [6, 6.07) is 3.84. The largest absolute Gasteiger partial charge is 0.493 e. The Labute approximate surface area is 161 Å². The highest BCUT2D eigenvalue weighted by Crippen LogP contribution is 2.39. The van der Waals surface area contributed by atoms with Crippen molar-refractivity contribution in [1.82, 2.24) is 4.90 Å². The average molecular weight is 393 g/mol. The Hall–Kier alpha value is -2.06. The van der Waals surface area contributed by atoms with Crippen LogP contribution in [0.25, 0.3) is 6.08 Å². The molecule has 1 N–H and O–H groups in total. The van der Waals surface area contributed by atoms with Crippen LogP contribution in [0.2, 0.25) is 0 Å². The van der Waals surface area contributed by atoms with Gasteiger partial charge in [0.25, 0.3) is 5.91 Å². The highest BCUT2D eigenvalue weighted by Gasteiger charge is 2.32. The van der Waals surface area contributed by atoms with Gasteiger partial charge in [-0.3, -0.25) is 14.5 Å². The van der Waals surface area contributed by atoms with E-state index in [0.29, 0.717) is 21.6 Å². The number of thioether (sulfide) groups is 1. The Bertz CT molecular complexity index is 805. The number of aliphatic carboxylic acids is 1. The van der Waals surface area contributed by atoms with Crippen LogP contribution in [-0.4, -0.2) is 45.5 Å². The van der Waals surface area contributed by atoms with E-state index in [0.717, 1.165) is 23.3 Å². The minimum Gasteiger partial charge on any atom is -0.493 e. The van der Waals surface area contributed by atoms with Crippen molar-refractivity contribution in [2.75, 3.05) is 13.2 Å². The van der Waals surface area contributed by atoms with Gasteiger partial charge in [0.2, 0.25) is 0 Å². The van der Waals surface area contributed by atoms with E-state index >= 15 is 0 Å². The number of carbonyl (C=O) groups is 2. The van der Waals surface area contributed by atoms with E-state index in [-0.39, 0.29) is 25.0 Å². The van der Waals surface area contributed by atoms with Crippen molar-refractivity contribution in [3.05, 3.63) is 28.2 Å². The smallest absolute Gasteiger partial charge is 0.305 e. The van der Waals surface area contributed by atoms with Gasteiger partial charge in [-0.1, -0.05) is 24.0 Å². The molecule has 8 heteroatoms. The van der Waals surface area contributed by atoms with Crippen LogP contribution < -0.4 is 9.47 Å². The summed E-state index contributed by atoms with van der Waals surface area (Å²) >= 11 is 6.39. The fourth-order valence-corrected chi connectivity index (χ4v) is 4.19. The predicted molar refractivity (Wildman–Crippen MR) is 104 cm³/mol. The third-order valence-electron chi connectivity index (χ3n) is 4.04. The summed E-state index contributed by atoms with van der Waals surface area (Å²) in [4.78, 5) is 25.1. The molecular formula is C18H19NO5S2. The van der Waals surface area contributed by atoms with Crippen LogP contribution in [0.5, 0.6) is 11.5 Å². The summed E-state index contributed by atoms with van der Waals surface area (Å²) in [7, 11) is 0. The van der Waals surface area contributed by atoms with Crippen LogP contribution in [0, 0.1) is 0 Å². The number of carboxylic acid groups (broad SMARTS) is 1. The lowest BCUT2D eigenvalue weighted by Gasteiger charge is -2.12. The zero-order valence-electron chi connectivity index (χ0n) is 14.5. The quantitative estimate of drug-likeness (QED) is 0.588. The molecule has 0 aromatic heterocycles. The Balaban J connectivity index is 1.89. The van der Waals surface area contributed by atoms with Crippen LogP contribution in [0.15, 0.2) is 17.0 Å². The van der Waals surface area contributed by atoms with E-state index in [2.05, 4.69) is 0 Å². The topological polar surface area (TPSA) is 76.1 Å². The first kappa shape index (κ1) is 18.7. The molecule has 2 aliphatic heterocycles. The summed E-state index contributed by atoms with van der Waals surface area (Å²) < 4.78 is 11.9. The SMILES string of the molecule is CCOc1cc2c(cc1/C=C1\SC(=S)N(CCC(=O)O)C1=O)O[C@H](C)C2. The minimum atomic E-state index is -0.966. The van der Waals surface area contributed by atoms with E-state index in [9.17, 15) is 9.59 Å². The molecule has 0 aliphatic carbocycles. The minimum absolute atomic E-state index is 0.0699. The lowest BCUT2D eigenvalue weighted by Crippen LogP contribution is -2.30. The first-order valence-electron chi connectivity index (χ1n) is 8.32. The van der Waals surface area contributed by atoms with Gasteiger partial charge in [-0.05, 0) is 32.1 Å². The molecule has 2 heterocycles. The van der Waals surface area contributed by atoms with Gasteiger partial charge in [-0.25, -0.2) is 0 Å². The van der Waals surface area contributed by atoms with Gasteiger partial charge in [0, 0.05) is 24.1 Å². The van der Waals surface area contributed by atoms with Crippen molar-refractivity contribution in [2.24, 2.45) is 0 Å². The second kappa shape index (κ2) is 7.67. The van der Waals surface area contributed by atoms with E-state index in [4.69, 9.17) is 26.8 Å². The molecule has 1 aromatic rings. The molecule has 1 amide bonds. The van der Waals surface area contributed by atoms with Crippen LogP contribution in [0.4, 0.5) is 0 Å². The van der Waals surface area contributed by atoms with E-state index < -0.39 is 5.97 Å². The summed E-state index contributed by atoms with van der Waals surface area (Å²) in [5, 5.41) is 8.82. The van der Waals surface area contributed by atoms with Crippen molar-refractivity contribution >= 4 is 46.3 Å². The van der Waals surface area contributed by atoms with Gasteiger partial charge in [0.1, 0.15) is 21.9 Å². The first-order chi connectivity index (χ1) is 12.4. The van der Waals surface area contributed by atoms with Gasteiger partial charge in [-0.15, -0.1) is 0 Å². The summed E-state index contributed by atoms with van der Waals surface area (Å²) in [5.41, 5.74) is 1.84. The Kier molecular flexibility index (Phi) is 5.52. The number of benzene rings is 1. The highest BCUT2D eigenvalue weighted by molar-refractivity contribution is 8.26. The van der Waals surface area contributed by atoms with Crippen LogP contribution in [0.1, 0.15) is 31.4 Å². The lowest BCUT2D eigenvalue weighted by molar-refractivity contribution is -0.137. The zero-order valence-corrected chi connectivity index (χ0v) is 16.1. The monoisotopic (exact) mass is 393 g/mol. The molecule has 1 fully saturated rings. The molecule has 1 aromatic carbocycles. The third-order valence-corrected chi connectivity index (χ3v) is 5.42. The molecule has 1 saturated heterocycles. The maximum absolute atomic E-state index is 12.6. The Morgan fingerprint density at radius 1 is 1.54 bits per heavy atom. The van der Waals surface area contributed by atoms with E-state index in [1.165, 1.54) is 16.7 Å².